The third-order valence-corrected chi connectivity index (χ3v) is 6.14. The molecule has 1 fully saturated rings. The predicted molar refractivity (Wildman–Crippen MR) is 153 cm³/mol. The van der Waals surface area contributed by atoms with Gasteiger partial charge in [-0.15, -0.1) is 0 Å². The van der Waals surface area contributed by atoms with Gasteiger partial charge in [0.2, 0.25) is 0 Å². The van der Waals surface area contributed by atoms with Gasteiger partial charge in [-0.25, -0.2) is 15.0 Å². The number of aryl methyl sites for hydroxylation is 2. The molecule has 0 spiro atoms. The number of hydrogen-bond acceptors (Lipinski definition) is 6. The second-order valence-corrected chi connectivity index (χ2v) is 8.73. The van der Waals surface area contributed by atoms with E-state index in [1.807, 2.05) is 59.7 Å². The molecule has 0 saturated heterocycles. The number of benzene rings is 1. The van der Waals surface area contributed by atoms with Gasteiger partial charge >= 0.3 is 0 Å². The fourth-order valence-electron chi connectivity index (χ4n) is 4.14. The number of aromatic nitrogens is 4. The standard InChI is InChI=1S/C25H28N8.2C2H6/c1-15-7-19(25(26)27)8-16(2)21(15)11-29-23-9-22(30-14-31-23)28-10-20-13-33-12-18(17-3-4-17)5-6-24(33)32-20;2*1-2/h5-9,12-14,17H,3-4,10-11H2,1-2H3,(H3,26,27)(H2,28,29,30,31);2*1-2H3. The van der Waals surface area contributed by atoms with Gasteiger partial charge in [0.1, 0.15) is 29.4 Å². The first-order valence-electron chi connectivity index (χ1n) is 13.2. The largest absolute Gasteiger partial charge is 0.384 e. The number of fused-ring (bicyclic) bond motifs is 1. The summed E-state index contributed by atoms with van der Waals surface area (Å²) in [7, 11) is 0. The van der Waals surface area contributed by atoms with Crippen molar-refractivity contribution in [1.82, 2.24) is 19.4 Å². The molecule has 0 atom stereocenters. The van der Waals surface area contributed by atoms with Crippen LogP contribution < -0.4 is 16.4 Å². The Labute approximate surface area is 220 Å². The Balaban J connectivity index is 0.000000907. The Kier molecular flexibility index (Phi) is 9.60. The highest BCUT2D eigenvalue weighted by Gasteiger charge is 2.23. The number of nitrogens with one attached hydrogen (secondary N) is 3. The maximum Gasteiger partial charge on any atom is 0.137 e. The highest BCUT2D eigenvalue weighted by Crippen LogP contribution is 2.39. The Hall–Kier alpha value is -3.94. The smallest absolute Gasteiger partial charge is 0.137 e. The SMILES string of the molecule is CC.CC.Cc1cc(C(=N)N)cc(C)c1CNc1cc(NCc2cn3cc(C4CC4)ccc3n2)ncn1. The van der Waals surface area contributed by atoms with E-state index in [0.29, 0.717) is 13.1 Å². The average Bonchev–Trinajstić information content (AvgIpc) is 3.68. The van der Waals surface area contributed by atoms with Crippen molar-refractivity contribution >= 4 is 23.1 Å². The Morgan fingerprint density at radius 1 is 0.946 bits per heavy atom. The van der Waals surface area contributed by atoms with Crippen LogP contribution in [0.2, 0.25) is 0 Å². The van der Waals surface area contributed by atoms with E-state index in [9.17, 15) is 0 Å². The summed E-state index contributed by atoms with van der Waals surface area (Å²) in [4.78, 5) is 13.4. The molecule has 196 valence electrons. The summed E-state index contributed by atoms with van der Waals surface area (Å²) < 4.78 is 2.11. The van der Waals surface area contributed by atoms with Crippen LogP contribution in [0.15, 0.2) is 49.1 Å². The molecule has 1 aliphatic carbocycles. The Bertz CT molecular complexity index is 1310. The molecule has 37 heavy (non-hydrogen) atoms. The summed E-state index contributed by atoms with van der Waals surface area (Å²) in [5, 5.41) is 14.4. The summed E-state index contributed by atoms with van der Waals surface area (Å²) in [5.41, 5.74) is 13.1. The van der Waals surface area contributed by atoms with E-state index in [2.05, 4.69) is 49.5 Å². The van der Waals surface area contributed by atoms with Gasteiger partial charge in [-0.2, -0.15) is 0 Å². The molecule has 1 aliphatic rings. The van der Waals surface area contributed by atoms with Crippen LogP contribution in [0.5, 0.6) is 0 Å². The molecular formula is C29H40N8. The van der Waals surface area contributed by atoms with Gasteiger partial charge in [0, 0.05) is 30.6 Å². The fourth-order valence-corrected chi connectivity index (χ4v) is 4.14. The number of rotatable bonds is 8. The zero-order valence-electron chi connectivity index (χ0n) is 22.9. The predicted octanol–water partition coefficient (Wildman–Crippen LogP) is 6.18. The van der Waals surface area contributed by atoms with E-state index in [1.54, 1.807) is 6.33 Å². The molecule has 1 aromatic carbocycles. The number of hydrogen-bond donors (Lipinski definition) is 4. The fraction of sp³-hybridized carbons (Fsp3) is 0.379. The van der Waals surface area contributed by atoms with Crippen molar-refractivity contribution in [2.45, 2.75) is 73.4 Å². The molecule has 8 heteroatoms. The molecule has 3 aromatic heterocycles. The molecule has 0 bridgehead atoms. The lowest BCUT2D eigenvalue weighted by Crippen LogP contribution is -2.13. The van der Waals surface area contributed by atoms with Crippen LogP contribution in [0, 0.1) is 19.3 Å². The summed E-state index contributed by atoms with van der Waals surface area (Å²) in [5.74, 6) is 2.29. The van der Waals surface area contributed by atoms with E-state index in [-0.39, 0.29) is 5.84 Å². The van der Waals surface area contributed by atoms with Crippen LogP contribution in [-0.2, 0) is 13.1 Å². The second-order valence-electron chi connectivity index (χ2n) is 8.73. The van der Waals surface area contributed by atoms with Crippen molar-refractivity contribution in [3.05, 3.63) is 82.6 Å². The molecule has 0 unspecified atom stereocenters. The van der Waals surface area contributed by atoms with Crippen LogP contribution in [0.1, 0.15) is 80.0 Å². The minimum atomic E-state index is 0.0844. The first-order valence-corrected chi connectivity index (χ1v) is 13.2. The van der Waals surface area contributed by atoms with Crippen molar-refractivity contribution in [1.29, 1.82) is 5.41 Å². The normalized spacial score (nSPS) is 12.2. The van der Waals surface area contributed by atoms with Gasteiger partial charge < -0.3 is 20.8 Å². The lowest BCUT2D eigenvalue weighted by atomic mass is 9.99. The summed E-state index contributed by atoms with van der Waals surface area (Å²) in [6.07, 6.45) is 8.41. The third-order valence-electron chi connectivity index (χ3n) is 6.14. The van der Waals surface area contributed by atoms with Gasteiger partial charge in [0.15, 0.2) is 0 Å². The highest BCUT2D eigenvalue weighted by atomic mass is 15.1. The molecular weight excluding hydrogens is 460 g/mol. The van der Waals surface area contributed by atoms with E-state index in [1.165, 1.54) is 24.0 Å². The second kappa shape index (κ2) is 12.9. The van der Waals surface area contributed by atoms with Crippen molar-refractivity contribution in [2.75, 3.05) is 10.6 Å². The first-order chi connectivity index (χ1) is 18.0. The van der Waals surface area contributed by atoms with E-state index in [0.717, 1.165) is 45.6 Å². The maximum absolute atomic E-state index is 7.65. The van der Waals surface area contributed by atoms with Gasteiger partial charge in [-0.3, -0.25) is 5.41 Å². The number of anilines is 2. The maximum atomic E-state index is 7.65. The third kappa shape index (κ3) is 7.06. The van der Waals surface area contributed by atoms with Gasteiger partial charge in [0.25, 0.3) is 0 Å². The number of nitrogens with two attached hydrogens (primary N) is 1. The van der Waals surface area contributed by atoms with Crippen molar-refractivity contribution < 1.29 is 0 Å². The molecule has 8 nitrogen and oxygen atoms in total. The summed E-state index contributed by atoms with van der Waals surface area (Å²) in [6, 6.07) is 10.1. The topological polar surface area (TPSA) is 117 Å². The van der Waals surface area contributed by atoms with E-state index >= 15 is 0 Å². The van der Waals surface area contributed by atoms with Crippen molar-refractivity contribution in [3.63, 3.8) is 0 Å². The first kappa shape index (κ1) is 27.6. The molecule has 3 heterocycles. The molecule has 5 N–H and O–H groups in total. The molecule has 0 aliphatic heterocycles. The van der Waals surface area contributed by atoms with Crippen LogP contribution in [0.25, 0.3) is 5.65 Å². The number of pyridine rings is 1. The van der Waals surface area contributed by atoms with Crippen LogP contribution in [-0.4, -0.2) is 25.2 Å². The monoisotopic (exact) mass is 500 g/mol. The highest BCUT2D eigenvalue weighted by molar-refractivity contribution is 5.95. The molecule has 0 amide bonds. The quantitative estimate of drug-likeness (QED) is 0.170. The zero-order valence-corrected chi connectivity index (χ0v) is 22.9. The minimum absolute atomic E-state index is 0.0844. The van der Waals surface area contributed by atoms with E-state index in [4.69, 9.17) is 16.1 Å². The Morgan fingerprint density at radius 3 is 2.16 bits per heavy atom. The molecule has 1 saturated carbocycles. The number of imidazole rings is 1. The molecule has 4 aromatic rings. The zero-order chi connectivity index (χ0) is 26.9. The summed E-state index contributed by atoms with van der Waals surface area (Å²) >= 11 is 0. The minimum Gasteiger partial charge on any atom is -0.384 e. The van der Waals surface area contributed by atoms with Crippen LogP contribution >= 0.6 is 0 Å². The van der Waals surface area contributed by atoms with Crippen molar-refractivity contribution in [2.24, 2.45) is 5.73 Å². The lowest BCUT2D eigenvalue weighted by Gasteiger charge is -2.14. The van der Waals surface area contributed by atoms with Crippen LogP contribution in [0.3, 0.4) is 0 Å². The summed E-state index contributed by atoms with van der Waals surface area (Å²) in [6.45, 7) is 13.3. The molecule has 5 rings (SSSR count). The van der Waals surface area contributed by atoms with Gasteiger partial charge in [-0.1, -0.05) is 33.8 Å². The van der Waals surface area contributed by atoms with Crippen molar-refractivity contribution in [3.8, 4) is 0 Å². The average molecular weight is 501 g/mol. The molecule has 0 radical (unpaired) electrons. The Morgan fingerprint density at radius 2 is 1.57 bits per heavy atom. The number of amidine groups is 1. The number of nitrogen functional groups attached to an aromatic ring is 1. The number of nitrogens with zero attached hydrogens (tertiary/aromatic N) is 4. The van der Waals surface area contributed by atoms with Gasteiger partial charge in [0.05, 0.1) is 12.2 Å². The van der Waals surface area contributed by atoms with Crippen LogP contribution in [0.4, 0.5) is 11.6 Å². The lowest BCUT2D eigenvalue weighted by molar-refractivity contribution is 1.02. The van der Waals surface area contributed by atoms with E-state index < -0.39 is 0 Å². The van der Waals surface area contributed by atoms with Gasteiger partial charge in [-0.05, 0) is 73.1 Å².